The minimum Gasteiger partial charge on any atom is -0.378 e. The van der Waals surface area contributed by atoms with Crippen molar-refractivity contribution < 1.29 is 13.9 Å². The first kappa shape index (κ1) is 18.4. The van der Waals surface area contributed by atoms with Crippen molar-refractivity contribution in [2.24, 2.45) is 7.05 Å². The van der Waals surface area contributed by atoms with Gasteiger partial charge in [-0.25, -0.2) is 4.39 Å². The molecule has 7 heteroatoms. The standard InChI is InChI=1S/C20H27FN4O2/c1-24-14-16(13-23-24)20-18(3-2-8-27-20)22-12-15-4-5-19(17(21)11-15)25-6-9-26-10-7-25/h4-5,11,13-14,18,20,22H,2-3,6-10,12H2,1H3/t18-,20+/m0/s1. The highest BCUT2D eigenvalue weighted by Crippen LogP contribution is 2.28. The monoisotopic (exact) mass is 374 g/mol. The fraction of sp³-hybridized carbons (Fsp3) is 0.550. The number of halogens is 1. The Bertz CT molecular complexity index is 760. The van der Waals surface area contributed by atoms with Crippen LogP contribution in [-0.2, 0) is 23.1 Å². The average Bonchev–Trinajstić information content (AvgIpc) is 3.13. The van der Waals surface area contributed by atoms with Crippen LogP contribution in [0.15, 0.2) is 30.6 Å². The first-order valence-electron chi connectivity index (χ1n) is 9.65. The molecule has 2 atom stereocenters. The maximum Gasteiger partial charge on any atom is 0.146 e. The predicted molar refractivity (Wildman–Crippen MR) is 101 cm³/mol. The van der Waals surface area contributed by atoms with Crippen LogP contribution in [0.1, 0.15) is 30.1 Å². The number of aryl methyl sites for hydroxylation is 1. The van der Waals surface area contributed by atoms with Crippen molar-refractivity contribution in [1.29, 1.82) is 0 Å². The Hall–Kier alpha value is -1.96. The summed E-state index contributed by atoms with van der Waals surface area (Å²) in [4.78, 5) is 2.05. The van der Waals surface area contributed by atoms with Crippen LogP contribution in [-0.4, -0.2) is 48.7 Å². The van der Waals surface area contributed by atoms with Gasteiger partial charge in [0.15, 0.2) is 0 Å². The summed E-state index contributed by atoms with van der Waals surface area (Å²) in [6, 6.07) is 5.72. The first-order chi connectivity index (χ1) is 13.2. The van der Waals surface area contributed by atoms with Gasteiger partial charge in [0.05, 0.1) is 25.1 Å². The third-order valence-corrected chi connectivity index (χ3v) is 5.31. The van der Waals surface area contributed by atoms with Gasteiger partial charge in [0.25, 0.3) is 0 Å². The molecule has 6 nitrogen and oxygen atoms in total. The molecule has 2 aromatic rings. The number of morpholine rings is 1. The largest absolute Gasteiger partial charge is 0.378 e. The van der Waals surface area contributed by atoms with Gasteiger partial charge in [0, 0.05) is 51.1 Å². The fourth-order valence-electron chi connectivity index (χ4n) is 3.88. The topological polar surface area (TPSA) is 51.5 Å². The average molecular weight is 374 g/mol. The van der Waals surface area contributed by atoms with Crippen LogP contribution in [0.5, 0.6) is 0 Å². The summed E-state index contributed by atoms with van der Waals surface area (Å²) in [7, 11) is 1.91. The normalized spacial score (nSPS) is 23.6. The SMILES string of the molecule is Cn1cc([C@H]2OCCC[C@@H]2NCc2ccc(N3CCOCC3)c(F)c2)cn1. The molecule has 0 bridgehead atoms. The number of nitrogens with one attached hydrogen (secondary N) is 1. The minimum atomic E-state index is -0.167. The van der Waals surface area contributed by atoms with Crippen LogP contribution in [0.25, 0.3) is 0 Å². The Morgan fingerprint density at radius 3 is 2.85 bits per heavy atom. The lowest BCUT2D eigenvalue weighted by Crippen LogP contribution is -2.39. The van der Waals surface area contributed by atoms with E-state index in [1.807, 2.05) is 36.5 Å². The van der Waals surface area contributed by atoms with E-state index in [1.54, 1.807) is 10.7 Å². The molecule has 0 spiro atoms. The first-order valence-corrected chi connectivity index (χ1v) is 9.65. The van der Waals surface area contributed by atoms with Crippen molar-refractivity contribution in [3.05, 3.63) is 47.5 Å². The lowest BCUT2D eigenvalue weighted by atomic mass is 9.98. The van der Waals surface area contributed by atoms with Crippen molar-refractivity contribution in [2.75, 3.05) is 37.8 Å². The number of rotatable bonds is 5. The molecule has 4 rings (SSSR count). The molecule has 2 saturated heterocycles. The molecule has 146 valence electrons. The molecule has 1 aromatic carbocycles. The summed E-state index contributed by atoms with van der Waals surface area (Å²) < 4.78 is 27.7. The number of hydrogen-bond acceptors (Lipinski definition) is 5. The Balaban J connectivity index is 1.40. The van der Waals surface area contributed by atoms with Gasteiger partial charge in [-0.15, -0.1) is 0 Å². The molecule has 0 radical (unpaired) electrons. The lowest BCUT2D eigenvalue weighted by molar-refractivity contribution is -0.0112. The molecule has 0 saturated carbocycles. The minimum absolute atomic E-state index is 0.00933. The summed E-state index contributed by atoms with van der Waals surface area (Å²) >= 11 is 0. The van der Waals surface area contributed by atoms with Crippen molar-refractivity contribution in [3.63, 3.8) is 0 Å². The van der Waals surface area contributed by atoms with E-state index in [4.69, 9.17) is 9.47 Å². The number of hydrogen-bond donors (Lipinski definition) is 1. The third-order valence-electron chi connectivity index (χ3n) is 5.31. The second-order valence-corrected chi connectivity index (χ2v) is 7.25. The van der Waals surface area contributed by atoms with E-state index < -0.39 is 0 Å². The van der Waals surface area contributed by atoms with Gasteiger partial charge in [-0.2, -0.15) is 5.10 Å². The van der Waals surface area contributed by atoms with Gasteiger partial charge in [-0.05, 0) is 30.5 Å². The highest BCUT2D eigenvalue weighted by molar-refractivity contribution is 5.49. The zero-order chi connectivity index (χ0) is 18.6. The van der Waals surface area contributed by atoms with Gasteiger partial charge in [-0.1, -0.05) is 6.07 Å². The smallest absolute Gasteiger partial charge is 0.146 e. The second-order valence-electron chi connectivity index (χ2n) is 7.25. The summed E-state index contributed by atoms with van der Waals surface area (Å²) in [6.45, 7) is 4.16. The molecule has 27 heavy (non-hydrogen) atoms. The molecule has 1 aromatic heterocycles. The molecule has 1 N–H and O–H groups in total. The van der Waals surface area contributed by atoms with Crippen molar-refractivity contribution in [2.45, 2.75) is 31.5 Å². The molecular weight excluding hydrogens is 347 g/mol. The summed E-state index contributed by atoms with van der Waals surface area (Å²) in [5.41, 5.74) is 2.69. The lowest BCUT2D eigenvalue weighted by Gasteiger charge is -2.32. The van der Waals surface area contributed by atoms with Crippen LogP contribution in [0, 0.1) is 5.82 Å². The van der Waals surface area contributed by atoms with Crippen LogP contribution < -0.4 is 10.2 Å². The van der Waals surface area contributed by atoms with Crippen molar-refractivity contribution >= 4 is 5.69 Å². The summed E-state index contributed by atoms with van der Waals surface area (Å²) in [5.74, 6) is -0.167. The number of anilines is 1. The quantitative estimate of drug-likeness (QED) is 0.871. The van der Waals surface area contributed by atoms with Gasteiger partial charge < -0.3 is 19.7 Å². The molecule has 0 unspecified atom stereocenters. The number of benzene rings is 1. The summed E-state index contributed by atoms with van der Waals surface area (Å²) in [6.07, 6.45) is 5.92. The number of nitrogens with zero attached hydrogens (tertiary/aromatic N) is 3. The fourth-order valence-corrected chi connectivity index (χ4v) is 3.88. The van der Waals surface area contributed by atoms with Crippen LogP contribution >= 0.6 is 0 Å². The zero-order valence-corrected chi connectivity index (χ0v) is 15.7. The van der Waals surface area contributed by atoms with E-state index in [9.17, 15) is 4.39 Å². The van der Waals surface area contributed by atoms with Gasteiger partial charge in [0.1, 0.15) is 11.9 Å². The van der Waals surface area contributed by atoms with Gasteiger partial charge in [0.2, 0.25) is 0 Å². The predicted octanol–water partition coefficient (Wildman–Crippen LogP) is 2.41. The van der Waals surface area contributed by atoms with E-state index in [0.717, 1.165) is 43.7 Å². The maximum atomic E-state index is 14.6. The summed E-state index contributed by atoms with van der Waals surface area (Å²) in [5, 5.41) is 7.82. The molecule has 0 amide bonds. The molecular formula is C20H27FN4O2. The Morgan fingerprint density at radius 1 is 1.26 bits per heavy atom. The molecule has 0 aliphatic carbocycles. The van der Waals surface area contributed by atoms with Crippen LogP contribution in [0.4, 0.5) is 10.1 Å². The third kappa shape index (κ3) is 4.31. The maximum absolute atomic E-state index is 14.6. The van der Waals surface area contributed by atoms with E-state index >= 15 is 0 Å². The van der Waals surface area contributed by atoms with Gasteiger partial charge >= 0.3 is 0 Å². The Kier molecular flexibility index (Phi) is 5.71. The van der Waals surface area contributed by atoms with E-state index in [2.05, 4.69) is 10.4 Å². The second kappa shape index (κ2) is 8.37. The van der Waals surface area contributed by atoms with E-state index in [0.29, 0.717) is 25.4 Å². The van der Waals surface area contributed by atoms with Gasteiger partial charge in [-0.3, -0.25) is 4.68 Å². The molecule has 3 heterocycles. The molecule has 2 aliphatic heterocycles. The highest BCUT2D eigenvalue weighted by Gasteiger charge is 2.28. The van der Waals surface area contributed by atoms with Crippen LogP contribution in [0.3, 0.4) is 0 Å². The Labute approximate surface area is 159 Å². The molecule has 2 fully saturated rings. The molecule has 2 aliphatic rings. The number of aromatic nitrogens is 2. The van der Waals surface area contributed by atoms with E-state index in [-0.39, 0.29) is 18.0 Å². The van der Waals surface area contributed by atoms with Crippen molar-refractivity contribution in [1.82, 2.24) is 15.1 Å². The highest BCUT2D eigenvalue weighted by atomic mass is 19.1. The Morgan fingerprint density at radius 2 is 2.11 bits per heavy atom. The van der Waals surface area contributed by atoms with E-state index in [1.165, 1.54) is 0 Å². The zero-order valence-electron chi connectivity index (χ0n) is 15.7. The number of ether oxygens (including phenoxy) is 2. The van der Waals surface area contributed by atoms with Crippen LogP contribution in [0.2, 0.25) is 0 Å². The van der Waals surface area contributed by atoms with Crippen molar-refractivity contribution in [3.8, 4) is 0 Å².